The average Bonchev–Trinajstić information content (AvgIpc) is 3.27. The van der Waals surface area contributed by atoms with Crippen molar-refractivity contribution in [1.82, 2.24) is 19.9 Å². The van der Waals surface area contributed by atoms with Crippen LogP contribution in [0, 0.1) is 0 Å². The van der Waals surface area contributed by atoms with Crippen molar-refractivity contribution in [1.29, 1.82) is 0 Å². The Morgan fingerprint density at radius 2 is 2.21 bits per heavy atom. The first kappa shape index (κ1) is 16.4. The van der Waals surface area contributed by atoms with Crippen molar-refractivity contribution >= 4 is 17.3 Å². The second kappa shape index (κ2) is 7.85. The van der Waals surface area contributed by atoms with Gasteiger partial charge in [0.05, 0.1) is 22.6 Å². The molecule has 24 heavy (non-hydrogen) atoms. The van der Waals surface area contributed by atoms with Crippen molar-refractivity contribution in [2.45, 2.75) is 19.5 Å². The topological polar surface area (TPSA) is 80.0 Å². The molecule has 7 heteroatoms. The standard InChI is InChI=1S/C17H18N4O2S/c22-17(23)16-6-5-15(24-16)14-4-1-3-13(20-14)11-18-7-2-9-21-10-8-19-12-21/h1,3-6,8,10,12,18H,2,7,9,11H2,(H,22,23). The average molecular weight is 342 g/mol. The summed E-state index contributed by atoms with van der Waals surface area (Å²) in [7, 11) is 0. The number of aromatic nitrogens is 3. The van der Waals surface area contributed by atoms with Gasteiger partial charge in [-0.05, 0) is 37.2 Å². The third-order valence-corrected chi connectivity index (χ3v) is 4.61. The van der Waals surface area contributed by atoms with Crippen LogP contribution in [-0.2, 0) is 13.1 Å². The van der Waals surface area contributed by atoms with Crippen LogP contribution in [0.3, 0.4) is 0 Å². The number of carbonyl (C=O) groups is 1. The summed E-state index contributed by atoms with van der Waals surface area (Å²) in [5, 5.41) is 12.4. The van der Waals surface area contributed by atoms with E-state index in [-0.39, 0.29) is 0 Å². The molecule has 2 N–H and O–H groups in total. The molecule has 0 aliphatic rings. The monoisotopic (exact) mass is 342 g/mol. The second-order valence-corrected chi connectivity index (χ2v) is 6.40. The van der Waals surface area contributed by atoms with E-state index in [0.29, 0.717) is 11.4 Å². The molecule has 0 amide bonds. The fourth-order valence-corrected chi connectivity index (χ4v) is 3.14. The quantitative estimate of drug-likeness (QED) is 0.615. The summed E-state index contributed by atoms with van der Waals surface area (Å²) in [5.41, 5.74) is 1.76. The Kier molecular flexibility index (Phi) is 5.35. The van der Waals surface area contributed by atoms with Crippen LogP contribution in [0.2, 0.25) is 0 Å². The molecule has 0 bridgehead atoms. The lowest BCUT2D eigenvalue weighted by Crippen LogP contribution is -2.17. The molecule has 0 aliphatic heterocycles. The zero-order valence-electron chi connectivity index (χ0n) is 13.1. The van der Waals surface area contributed by atoms with Crippen molar-refractivity contribution in [3.05, 3.63) is 59.6 Å². The minimum absolute atomic E-state index is 0.329. The summed E-state index contributed by atoms with van der Waals surface area (Å²) in [6.07, 6.45) is 6.57. The van der Waals surface area contributed by atoms with Gasteiger partial charge in [-0.1, -0.05) is 6.07 Å². The highest BCUT2D eigenvalue weighted by atomic mass is 32.1. The lowest BCUT2D eigenvalue weighted by Gasteiger charge is -2.06. The van der Waals surface area contributed by atoms with Crippen LogP contribution in [0.5, 0.6) is 0 Å². The molecule has 0 unspecified atom stereocenters. The molecule has 3 aromatic rings. The van der Waals surface area contributed by atoms with Crippen molar-refractivity contribution in [2.75, 3.05) is 6.54 Å². The van der Waals surface area contributed by atoms with Gasteiger partial charge in [0.2, 0.25) is 0 Å². The van der Waals surface area contributed by atoms with Crippen molar-refractivity contribution in [3.63, 3.8) is 0 Å². The van der Waals surface area contributed by atoms with E-state index in [9.17, 15) is 4.79 Å². The lowest BCUT2D eigenvalue weighted by atomic mass is 10.2. The number of aromatic carboxylic acids is 1. The Morgan fingerprint density at radius 1 is 1.29 bits per heavy atom. The van der Waals surface area contributed by atoms with Crippen LogP contribution >= 0.6 is 11.3 Å². The van der Waals surface area contributed by atoms with Crippen molar-refractivity contribution in [3.8, 4) is 10.6 Å². The van der Waals surface area contributed by atoms with Gasteiger partial charge in [-0.15, -0.1) is 11.3 Å². The van der Waals surface area contributed by atoms with Crippen LogP contribution in [0.25, 0.3) is 10.6 Å². The highest BCUT2D eigenvalue weighted by Crippen LogP contribution is 2.26. The zero-order chi connectivity index (χ0) is 16.8. The second-order valence-electron chi connectivity index (χ2n) is 5.31. The van der Waals surface area contributed by atoms with Crippen molar-refractivity contribution < 1.29 is 9.90 Å². The number of carboxylic acids is 1. The molecule has 0 aliphatic carbocycles. The number of aryl methyl sites for hydroxylation is 1. The molecule has 6 nitrogen and oxygen atoms in total. The van der Waals surface area contributed by atoms with Crippen molar-refractivity contribution in [2.24, 2.45) is 0 Å². The molecule has 3 heterocycles. The maximum absolute atomic E-state index is 11.0. The number of nitrogens with one attached hydrogen (secondary N) is 1. The number of rotatable bonds is 8. The maximum Gasteiger partial charge on any atom is 0.345 e. The van der Waals surface area contributed by atoms with Gasteiger partial charge in [-0.3, -0.25) is 4.98 Å². The number of hydrogen-bond donors (Lipinski definition) is 2. The molecule has 3 rings (SSSR count). The summed E-state index contributed by atoms with van der Waals surface area (Å²) >= 11 is 1.24. The fraction of sp³-hybridized carbons (Fsp3) is 0.235. The Balaban J connectivity index is 1.52. The van der Waals surface area contributed by atoms with Crippen LogP contribution < -0.4 is 5.32 Å². The van der Waals surface area contributed by atoms with Gasteiger partial charge < -0.3 is 15.0 Å². The summed E-state index contributed by atoms with van der Waals surface area (Å²) < 4.78 is 2.05. The van der Waals surface area contributed by atoms with E-state index in [0.717, 1.165) is 35.8 Å². The van der Waals surface area contributed by atoms with E-state index in [2.05, 4.69) is 19.9 Å². The third kappa shape index (κ3) is 4.27. The molecule has 0 spiro atoms. The molecular formula is C17H18N4O2S. The SMILES string of the molecule is O=C(O)c1ccc(-c2cccc(CNCCCn3ccnc3)n2)s1. The Bertz CT molecular complexity index is 799. The first-order chi connectivity index (χ1) is 11.7. The molecule has 0 radical (unpaired) electrons. The first-order valence-corrected chi connectivity index (χ1v) is 8.50. The predicted molar refractivity (Wildman–Crippen MR) is 93.1 cm³/mol. The van der Waals surface area contributed by atoms with Gasteiger partial charge in [0.1, 0.15) is 4.88 Å². The van der Waals surface area contributed by atoms with E-state index < -0.39 is 5.97 Å². The summed E-state index contributed by atoms with van der Waals surface area (Å²) in [4.78, 5) is 20.8. The first-order valence-electron chi connectivity index (χ1n) is 7.68. The van der Waals surface area contributed by atoms with Gasteiger partial charge in [0, 0.05) is 25.5 Å². The van der Waals surface area contributed by atoms with Gasteiger partial charge >= 0.3 is 5.97 Å². The molecule has 0 atom stereocenters. The highest BCUT2D eigenvalue weighted by molar-refractivity contribution is 7.17. The Hall–Kier alpha value is -2.51. The van der Waals surface area contributed by atoms with E-state index in [1.54, 1.807) is 18.3 Å². The molecule has 124 valence electrons. The summed E-state index contributed by atoms with van der Waals surface area (Å²) in [5.74, 6) is -0.901. The number of imidazole rings is 1. The minimum atomic E-state index is -0.901. The molecule has 0 saturated heterocycles. The predicted octanol–water partition coefficient (Wildman–Crippen LogP) is 2.88. The van der Waals surface area contributed by atoms with E-state index in [1.807, 2.05) is 30.7 Å². The largest absolute Gasteiger partial charge is 0.477 e. The Morgan fingerprint density at radius 3 is 2.96 bits per heavy atom. The van der Waals surface area contributed by atoms with Crippen LogP contribution in [-0.4, -0.2) is 32.2 Å². The van der Waals surface area contributed by atoms with Gasteiger partial charge in [-0.2, -0.15) is 0 Å². The normalized spacial score (nSPS) is 10.8. The van der Waals surface area contributed by atoms with Crippen LogP contribution in [0.1, 0.15) is 21.8 Å². The zero-order valence-corrected chi connectivity index (χ0v) is 13.9. The third-order valence-electron chi connectivity index (χ3n) is 3.51. The van der Waals surface area contributed by atoms with E-state index >= 15 is 0 Å². The molecular weight excluding hydrogens is 324 g/mol. The number of thiophene rings is 1. The molecule has 0 fully saturated rings. The number of nitrogens with zero attached hydrogens (tertiary/aromatic N) is 3. The van der Waals surface area contributed by atoms with Gasteiger partial charge in [0.15, 0.2) is 0 Å². The van der Waals surface area contributed by atoms with E-state index in [4.69, 9.17) is 5.11 Å². The Labute approximate surface area is 143 Å². The van der Waals surface area contributed by atoms with Crippen LogP contribution in [0.4, 0.5) is 0 Å². The smallest absolute Gasteiger partial charge is 0.345 e. The number of pyridine rings is 1. The van der Waals surface area contributed by atoms with Gasteiger partial charge in [0.25, 0.3) is 0 Å². The number of hydrogen-bond acceptors (Lipinski definition) is 5. The summed E-state index contributed by atoms with van der Waals surface area (Å²) in [6.45, 7) is 2.52. The molecule has 0 saturated carbocycles. The van der Waals surface area contributed by atoms with Gasteiger partial charge in [-0.25, -0.2) is 9.78 Å². The summed E-state index contributed by atoms with van der Waals surface area (Å²) in [6, 6.07) is 9.24. The lowest BCUT2D eigenvalue weighted by molar-refractivity contribution is 0.0702. The van der Waals surface area contributed by atoms with Crippen LogP contribution in [0.15, 0.2) is 49.1 Å². The molecule has 3 aromatic heterocycles. The molecule has 0 aromatic carbocycles. The van der Waals surface area contributed by atoms with E-state index in [1.165, 1.54) is 11.3 Å². The fourth-order valence-electron chi connectivity index (χ4n) is 2.33. The minimum Gasteiger partial charge on any atom is -0.477 e. The maximum atomic E-state index is 11.0. The highest BCUT2D eigenvalue weighted by Gasteiger charge is 2.09. The number of carboxylic acid groups (broad SMARTS) is 1.